The zero-order valence-corrected chi connectivity index (χ0v) is 10.8. The molecular formula is C16H18N2O. The van der Waals surface area contributed by atoms with Crippen LogP contribution in [0.3, 0.4) is 0 Å². The number of nitrogen functional groups attached to an aromatic ring is 1. The van der Waals surface area contributed by atoms with Crippen molar-refractivity contribution < 1.29 is 5.11 Å². The largest absolute Gasteiger partial charge is 0.398 e. The average molecular weight is 254 g/mol. The molecule has 0 aliphatic heterocycles. The number of rotatable bonds is 4. The molecule has 3 nitrogen and oxygen atoms in total. The number of nitrogens with zero attached hydrogens (tertiary/aromatic N) is 1. The Kier molecular flexibility index (Phi) is 3.22. The highest BCUT2D eigenvalue weighted by Crippen LogP contribution is 2.43. The van der Waals surface area contributed by atoms with E-state index in [9.17, 15) is 5.11 Å². The summed E-state index contributed by atoms with van der Waals surface area (Å²) >= 11 is 0. The lowest BCUT2D eigenvalue weighted by molar-refractivity contribution is 0.177. The number of hydrogen-bond donors (Lipinski definition) is 2. The van der Waals surface area contributed by atoms with Crippen molar-refractivity contribution in [2.24, 2.45) is 0 Å². The van der Waals surface area contributed by atoms with Crippen LogP contribution in [0.2, 0.25) is 0 Å². The summed E-state index contributed by atoms with van der Waals surface area (Å²) in [5.41, 5.74) is 9.83. The van der Waals surface area contributed by atoms with Crippen LogP contribution in [0.25, 0.3) is 0 Å². The minimum absolute atomic E-state index is 0.511. The van der Waals surface area contributed by atoms with Gasteiger partial charge >= 0.3 is 0 Å². The fourth-order valence-electron chi connectivity index (χ4n) is 2.51. The standard InChI is InChI=1S/C16H18N2O/c17-15-7-8-18-10-12(15)9-16(19)14-4-2-1-3-13(14)11-5-6-11/h1-4,7-8,10-11,16,19H,5-6,9H2,(H2,17,18). The van der Waals surface area contributed by atoms with E-state index in [0.29, 0.717) is 18.0 Å². The van der Waals surface area contributed by atoms with Gasteiger partial charge in [0.05, 0.1) is 6.10 Å². The highest BCUT2D eigenvalue weighted by atomic mass is 16.3. The van der Waals surface area contributed by atoms with Crippen LogP contribution in [0.4, 0.5) is 5.69 Å². The molecular weight excluding hydrogens is 236 g/mol. The van der Waals surface area contributed by atoms with Gasteiger partial charge < -0.3 is 10.8 Å². The van der Waals surface area contributed by atoms with E-state index in [0.717, 1.165) is 11.1 Å². The number of anilines is 1. The monoisotopic (exact) mass is 254 g/mol. The van der Waals surface area contributed by atoms with Crippen molar-refractivity contribution in [3.8, 4) is 0 Å². The average Bonchev–Trinajstić information content (AvgIpc) is 3.26. The molecule has 1 aliphatic carbocycles. The van der Waals surface area contributed by atoms with Crippen molar-refractivity contribution in [1.82, 2.24) is 4.98 Å². The van der Waals surface area contributed by atoms with Gasteiger partial charge in [-0.2, -0.15) is 0 Å². The lowest BCUT2D eigenvalue weighted by atomic mass is 9.95. The highest BCUT2D eigenvalue weighted by molar-refractivity contribution is 5.45. The molecule has 0 saturated heterocycles. The lowest BCUT2D eigenvalue weighted by Gasteiger charge is -2.16. The smallest absolute Gasteiger partial charge is 0.0834 e. The Bertz CT molecular complexity index is 578. The summed E-state index contributed by atoms with van der Waals surface area (Å²) in [4.78, 5) is 4.07. The lowest BCUT2D eigenvalue weighted by Crippen LogP contribution is -2.07. The minimum atomic E-state index is -0.511. The van der Waals surface area contributed by atoms with Gasteiger partial charge in [-0.25, -0.2) is 0 Å². The molecule has 0 radical (unpaired) electrons. The van der Waals surface area contributed by atoms with E-state index in [-0.39, 0.29) is 0 Å². The number of hydrogen-bond acceptors (Lipinski definition) is 3. The Labute approximate surface area is 113 Å². The van der Waals surface area contributed by atoms with Crippen molar-refractivity contribution >= 4 is 5.69 Å². The molecule has 1 heterocycles. The third-order valence-corrected chi connectivity index (χ3v) is 3.73. The molecule has 0 amide bonds. The van der Waals surface area contributed by atoms with Crippen molar-refractivity contribution in [3.05, 3.63) is 59.4 Å². The van der Waals surface area contributed by atoms with Crippen LogP contribution in [-0.2, 0) is 6.42 Å². The summed E-state index contributed by atoms with van der Waals surface area (Å²) in [6.45, 7) is 0. The Morgan fingerprint density at radius 1 is 1.26 bits per heavy atom. The first-order valence-corrected chi connectivity index (χ1v) is 6.71. The molecule has 1 aromatic heterocycles. The van der Waals surface area contributed by atoms with Crippen LogP contribution in [0, 0.1) is 0 Å². The maximum atomic E-state index is 10.5. The van der Waals surface area contributed by atoms with Crippen molar-refractivity contribution in [2.75, 3.05) is 5.73 Å². The van der Waals surface area contributed by atoms with E-state index in [2.05, 4.69) is 11.1 Å². The van der Waals surface area contributed by atoms with E-state index in [1.807, 2.05) is 18.2 Å². The third-order valence-electron chi connectivity index (χ3n) is 3.73. The molecule has 1 unspecified atom stereocenters. The molecule has 0 bridgehead atoms. The molecule has 1 fully saturated rings. The van der Waals surface area contributed by atoms with E-state index in [4.69, 9.17) is 5.73 Å². The predicted octanol–water partition coefficient (Wildman–Crippen LogP) is 2.82. The molecule has 3 heteroatoms. The number of aromatic nitrogens is 1. The first kappa shape index (κ1) is 12.2. The van der Waals surface area contributed by atoms with Crippen LogP contribution in [0.1, 0.15) is 41.6 Å². The topological polar surface area (TPSA) is 59.1 Å². The summed E-state index contributed by atoms with van der Waals surface area (Å²) in [7, 11) is 0. The van der Waals surface area contributed by atoms with E-state index in [1.165, 1.54) is 18.4 Å². The number of aliphatic hydroxyl groups excluding tert-OH is 1. The minimum Gasteiger partial charge on any atom is -0.398 e. The first-order chi connectivity index (χ1) is 9.25. The summed E-state index contributed by atoms with van der Waals surface area (Å²) in [6.07, 6.45) is 5.88. The van der Waals surface area contributed by atoms with Crippen molar-refractivity contribution in [2.45, 2.75) is 31.3 Å². The number of aliphatic hydroxyl groups is 1. The number of nitrogens with two attached hydrogens (primary N) is 1. The normalized spacial score (nSPS) is 16.3. The van der Waals surface area contributed by atoms with Crippen molar-refractivity contribution in [3.63, 3.8) is 0 Å². The van der Waals surface area contributed by atoms with Gasteiger partial charge in [-0.3, -0.25) is 4.98 Å². The Hall–Kier alpha value is -1.87. The summed E-state index contributed by atoms with van der Waals surface area (Å²) in [5, 5.41) is 10.5. The van der Waals surface area contributed by atoms with Gasteiger partial charge in [0.1, 0.15) is 0 Å². The number of benzene rings is 1. The van der Waals surface area contributed by atoms with E-state index >= 15 is 0 Å². The van der Waals surface area contributed by atoms with Crippen LogP contribution in [0.15, 0.2) is 42.7 Å². The van der Waals surface area contributed by atoms with Gasteiger partial charge in [0.2, 0.25) is 0 Å². The highest BCUT2D eigenvalue weighted by Gasteiger charge is 2.27. The van der Waals surface area contributed by atoms with Gasteiger partial charge in [-0.1, -0.05) is 24.3 Å². The maximum absolute atomic E-state index is 10.5. The van der Waals surface area contributed by atoms with E-state index in [1.54, 1.807) is 18.5 Å². The Balaban J connectivity index is 1.84. The number of pyridine rings is 1. The van der Waals surface area contributed by atoms with Gasteiger partial charge in [0.25, 0.3) is 0 Å². The maximum Gasteiger partial charge on any atom is 0.0834 e. The SMILES string of the molecule is Nc1ccncc1CC(O)c1ccccc1C1CC1. The fourth-order valence-corrected chi connectivity index (χ4v) is 2.51. The summed E-state index contributed by atoms with van der Waals surface area (Å²) < 4.78 is 0. The molecule has 3 rings (SSSR count). The quantitative estimate of drug-likeness (QED) is 0.882. The van der Waals surface area contributed by atoms with Gasteiger partial charge in [-0.05, 0) is 41.5 Å². The van der Waals surface area contributed by atoms with Crippen molar-refractivity contribution in [1.29, 1.82) is 0 Å². The van der Waals surface area contributed by atoms with Crippen LogP contribution < -0.4 is 5.73 Å². The fraction of sp³-hybridized carbons (Fsp3) is 0.312. The molecule has 1 aliphatic rings. The van der Waals surface area contributed by atoms with Gasteiger partial charge in [0, 0.05) is 24.5 Å². The molecule has 98 valence electrons. The predicted molar refractivity (Wildman–Crippen MR) is 75.7 cm³/mol. The van der Waals surface area contributed by atoms with Gasteiger partial charge in [-0.15, -0.1) is 0 Å². The molecule has 2 aromatic rings. The third kappa shape index (κ3) is 2.61. The molecule has 3 N–H and O–H groups in total. The first-order valence-electron chi connectivity index (χ1n) is 6.71. The van der Waals surface area contributed by atoms with Crippen LogP contribution >= 0.6 is 0 Å². The molecule has 1 aromatic carbocycles. The molecule has 19 heavy (non-hydrogen) atoms. The second kappa shape index (κ2) is 5.02. The zero-order chi connectivity index (χ0) is 13.2. The Morgan fingerprint density at radius 3 is 2.79 bits per heavy atom. The molecule has 0 spiro atoms. The zero-order valence-electron chi connectivity index (χ0n) is 10.8. The summed E-state index contributed by atoms with van der Waals surface area (Å²) in [5.74, 6) is 0.636. The molecule has 1 atom stereocenters. The van der Waals surface area contributed by atoms with Crippen LogP contribution in [-0.4, -0.2) is 10.1 Å². The van der Waals surface area contributed by atoms with Gasteiger partial charge in [0.15, 0.2) is 0 Å². The second-order valence-electron chi connectivity index (χ2n) is 5.20. The second-order valence-corrected chi connectivity index (χ2v) is 5.20. The Morgan fingerprint density at radius 2 is 2.05 bits per heavy atom. The van der Waals surface area contributed by atoms with Crippen LogP contribution in [0.5, 0.6) is 0 Å². The molecule has 1 saturated carbocycles. The van der Waals surface area contributed by atoms with E-state index < -0.39 is 6.10 Å². The summed E-state index contributed by atoms with van der Waals surface area (Å²) in [6, 6.07) is 9.95.